The zero-order valence-corrected chi connectivity index (χ0v) is 14.1. The van der Waals surface area contributed by atoms with Crippen LogP contribution in [0.1, 0.15) is 24.1 Å². The first kappa shape index (κ1) is 16.5. The smallest absolute Gasteiger partial charge is 0.228 e. The van der Waals surface area contributed by atoms with Crippen LogP contribution in [-0.4, -0.2) is 35.5 Å². The fourth-order valence-electron chi connectivity index (χ4n) is 3.05. The summed E-state index contributed by atoms with van der Waals surface area (Å²) in [6.07, 6.45) is 4.26. The maximum absolute atomic E-state index is 12.5. The molecule has 126 valence electrons. The van der Waals surface area contributed by atoms with Gasteiger partial charge in [-0.2, -0.15) is 0 Å². The molecule has 1 aliphatic rings. The Balaban J connectivity index is 1.50. The number of piperidine rings is 1. The van der Waals surface area contributed by atoms with Crippen molar-refractivity contribution in [2.24, 2.45) is 5.92 Å². The SMILES string of the molecule is Cc1ccc(OCC2CCCN(C(=O)Cc3ccccn3)C2)cc1. The number of hydrogen-bond donors (Lipinski definition) is 0. The molecule has 1 saturated heterocycles. The number of hydrogen-bond acceptors (Lipinski definition) is 3. The molecule has 1 aliphatic heterocycles. The Bertz CT molecular complexity index is 655. The van der Waals surface area contributed by atoms with Crippen LogP contribution in [0.4, 0.5) is 0 Å². The first-order valence-electron chi connectivity index (χ1n) is 8.58. The molecule has 3 rings (SSSR count). The predicted octanol–water partition coefficient (Wildman–Crippen LogP) is 3.25. The summed E-state index contributed by atoms with van der Waals surface area (Å²) >= 11 is 0. The number of pyridine rings is 1. The third-order valence-corrected chi connectivity index (χ3v) is 4.44. The second-order valence-corrected chi connectivity index (χ2v) is 6.47. The van der Waals surface area contributed by atoms with Gasteiger partial charge in [0, 0.05) is 30.9 Å². The molecule has 0 aliphatic carbocycles. The number of benzene rings is 1. The van der Waals surface area contributed by atoms with E-state index >= 15 is 0 Å². The normalized spacial score (nSPS) is 17.5. The Hall–Kier alpha value is -2.36. The van der Waals surface area contributed by atoms with Crippen molar-refractivity contribution in [3.05, 3.63) is 59.9 Å². The molecule has 0 saturated carbocycles. The summed E-state index contributed by atoms with van der Waals surface area (Å²) in [5, 5.41) is 0. The summed E-state index contributed by atoms with van der Waals surface area (Å²) < 4.78 is 5.90. The van der Waals surface area contributed by atoms with Gasteiger partial charge in [-0.3, -0.25) is 9.78 Å². The van der Waals surface area contributed by atoms with Crippen molar-refractivity contribution >= 4 is 5.91 Å². The lowest BCUT2D eigenvalue weighted by Gasteiger charge is -2.32. The maximum Gasteiger partial charge on any atom is 0.228 e. The summed E-state index contributed by atoms with van der Waals surface area (Å²) in [5.41, 5.74) is 2.06. The minimum Gasteiger partial charge on any atom is -0.493 e. The van der Waals surface area contributed by atoms with Gasteiger partial charge in [-0.15, -0.1) is 0 Å². The largest absolute Gasteiger partial charge is 0.493 e. The minimum absolute atomic E-state index is 0.161. The van der Waals surface area contributed by atoms with E-state index in [0.29, 0.717) is 18.9 Å². The molecule has 1 aromatic carbocycles. The lowest BCUT2D eigenvalue weighted by atomic mass is 9.98. The van der Waals surface area contributed by atoms with Crippen molar-refractivity contribution in [3.8, 4) is 5.75 Å². The van der Waals surface area contributed by atoms with Crippen LogP contribution >= 0.6 is 0 Å². The van der Waals surface area contributed by atoms with Crippen LogP contribution in [0.25, 0.3) is 0 Å². The lowest BCUT2D eigenvalue weighted by molar-refractivity contribution is -0.132. The molecule has 2 aromatic rings. The van der Waals surface area contributed by atoms with E-state index in [-0.39, 0.29) is 5.91 Å². The van der Waals surface area contributed by atoms with Gasteiger partial charge >= 0.3 is 0 Å². The van der Waals surface area contributed by atoms with E-state index < -0.39 is 0 Å². The minimum atomic E-state index is 0.161. The number of aromatic nitrogens is 1. The fraction of sp³-hybridized carbons (Fsp3) is 0.400. The number of nitrogens with zero attached hydrogens (tertiary/aromatic N) is 2. The lowest BCUT2D eigenvalue weighted by Crippen LogP contribution is -2.42. The van der Waals surface area contributed by atoms with E-state index in [1.807, 2.05) is 35.2 Å². The number of carbonyl (C=O) groups is 1. The summed E-state index contributed by atoms with van der Waals surface area (Å²) in [4.78, 5) is 18.7. The van der Waals surface area contributed by atoms with E-state index in [4.69, 9.17) is 4.74 Å². The highest BCUT2D eigenvalue weighted by Gasteiger charge is 2.24. The number of ether oxygens (including phenoxy) is 1. The van der Waals surface area contributed by atoms with Crippen LogP contribution < -0.4 is 4.74 Å². The van der Waals surface area contributed by atoms with Crippen molar-refractivity contribution in [2.75, 3.05) is 19.7 Å². The van der Waals surface area contributed by atoms with E-state index in [9.17, 15) is 4.79 Å². The number of amides is 1. The molecule has 1 unspecified atom stereocenters. The quantitative estimate of drug-likeness (QED) is 0.848. The standard InChI is InChI=1S/C20H24N2O2/c1-16-7-9-19(10-8-16)24-15-17-5-4-12-22(14-17)20(23)13-18-6-2-3-11-21-18/h2-3,6-11,17H,4-5,12-15H2,1H3. The fourth-order valence-corrected chi connectivity index (χ4v) is 3.05. The zero-order valence-electron chi connectivity index (χ0n) is 14.1. The van der Waals surface area contributed by atoms with Gasteiger partial charge in [-0.25, -0.2) is 0 Å². The molecule has 1 amide bonds. The van der Waals surface area contributed by atoms with Gasteiger partial charge in [0.15, 0.2) is 0 Å². The van der Waals surface area contributed by atoms with Crippen molar-refractivity contribution in [3.63, 3.8) is 0 Å². The third-order valence-electron chi connectivity index (χ3n) is 4.44. The molecule has 0 bridgehead atoms. The number of rotatable bonds is 5. The van der Waals surface area contributed by atoms with Crippen LogP contribution in [0.15, 0.2) is 48.7 Å². The van der Waals surface area contributed by atoms with Crippen LogP contribution in [0.5, 0.6) is 5.75 Å². The Labute approximate surface area is 143 Å². The van der Waals surface area contributed by atoms with Crippen LogP contribution in [0, 0.1) is 12.8 Å². The second-order valence-electron chi connectivity index (χ2n) is 6.47. The van der Waals surface area contributed by atoms with Gasteiger partial charge in [0.05, 0.1) is 13.0 Å². The van der Waals surface area contributed by atoms with Gasteiger partial charge in [-0.05, 0) is 44.0 Å². The highest BCUT2D eigenvalue weighted by molar-refractivity contribution is 5.78. The first-order chi connectivity index (χ1) is 11.7. The highest BCUT2D eigenvalue weighted by atomic mass is 16.5. The Morgan fingerprint density at radius 3 is 2.83 bits per heavy atom. The molecular weight excluding hydrogens is 300 g/mol. The molecule has 0 N–H and O–H groups in total. The average molecular weight is 324 g/mol. The zero-order chi connectivity index (χ0) is 16.8. The Kier molecular flexibility index (Phi) is 5.47. The van der Waals surface area contributed by atoms with Crippen molar-refractivity contribution < 1.29 is 9.53 Å². The molecule has 2 heterocycles. The van der Waals surface area contributed by atoms with Gasteiger partial charge < -0.3 is 9.64 Å². The number of carbonyl (C=O) groups excluding carboxylic acids is 1. The molecule has 4 heteroatoms. The second kappa shape index (κ2) is 7.95. The van der Waals surface area contributed by atoms with Crippen molar-refractivity contribution in [2.45, 2.75) is 26.2 Å². The molecular formula is C20H24N2O2. The van der Waals surface area contributed by atoms with Crippen LogP contribution in [0.3, 0.4) is 0 Å². The number of aryl methyl sites for hydroxylation is 1. The molecule has 1 atom stereocenters. The van der Waals surface area contributed by atoms with E-state index in [0.717, 1.165) is 37.4 Å². The van der Waals surface area contributed by atoms with Crippen molar-refractivity contribution in [1.29, 1.82) is 0 Å². The Morgan fingerprint density at radius 2 is 2.08 bits per heavy atom. The Morgan fingerprint density at radius 1 is 1.25 bits per heavy atom. The third kappa shape index (κ3) is 4.57. The van der Waals surface area contributed by atoms with Crippen LogP contribution in [-0.2, 0) is 11.2 Å². The summed E-state index contributed by atoms with van der Waals surface area (Å²) in [5.74, 6) is 1.46. The number of likely N-dealkylation sites (tertiary alicyclic amines) is 1. The summed E-state index contributed by atoms with van der Waals surface area (Å²) in [6.45, 7) is 4.34. The van der Waals surface area contributed by atoms with E-state index in [2.05, 4.69) is 24.0 Å². The predicted molar refractivity (Wildman–Crippen MR) is 93.9 cm³/mol. The topological polar surface area (TPSA) is 42.4 Å². The average Bonchev–Trinajstić information content (AvgIpc) is 2.62. The van der Waals surface area contributed by atoms with Gasteiger partial charge in [0.1, 0.15) is 5.75 Å². The van der Waals surface area contributed by atoms with E-state index in [1.165, 1.54) is 5.56 Å². The summed E-state index contributed by atoms with van der Waals surface area (Å²) in [6, 6.07) is 13.8. The first-order valence-corrected chi connectivity index (χ1v) is 8.58. The summed E-state index contributed by atoms with van der Waals surface area (Å²) in [7, 11) is 0. The molecule has 1 aromatic heterocycles. The molecule has 0 radical (unpaired) electrons. The molecule has 1 fully saturated rings. The van der Waals surface area contributed by atoms with Crippen LogP contribution in [0.2, 0.25) is 0 Å². The van der Waals surface area contributed by atoms with Gasteiger partial charge in [0.25, 0.3) is 0 Å². The molecule has 4 nitrogen and oxygen atoms in total. The maximum atomic E-state index is 12.5. The monoisotopic (exact) mass is 324 g/mol. The van der Waals surface area contributed by atoms with E-state index in [1.54, 1.807) is 6.20 Å². The van der Waals surface area contributed by atoms with Gasteiger partial charge in [0.2, 0.25) is 5.91 Å². The highest BCUT2D eigenvalue weighted by Crippen LogP contribution is 2.20. The molecule has 0 spiro atoms. The van der Waals surface area contributed by atoms with Gasteiger partial charge in [-0.1, -0.05) is 23.8 Å². The van der Waals surface area contributed by atoms with Crippen molar-refractivity contribution in [1.82, 2.24) is 9.88 Å². The molecule has 24 heavy (non-hydrogen) atoms.